The number of hydrogen-bond donors (Lipinski definition) is 2. The van der Waals surface area contributed by atoms with E-state index >= 15 is 0 Å². The molecule has 2 aromatic rings. The number of sulfonamides is 1. The van der Waals surface area contributed by atoms with Gasteiger partial charge in [0.1, 0.15) is 16.5 Å². The van der Waals surface area contributed by atoms with Gasteiger partial charge in [0.2, 0.25) is 10.0 Å². The van der Waals surface area contributed by atoms with E-state index in [4.69, 9.17) is 4.74 Å². The first kappa shape index (κ1) is 21.8. The number of nitrogens with one attached hydrogen (secondary N) is 2. The van der Waals surface area contributed by atoms with E-state index in [-0.39, 0.29) is 28.5 Å². The van der Waals surface area contributed by atoms with Crippen LogP contribution in [-0.4, -0.2) is 60.6 Å². The first-order chi connectivity index (χ1) is 14.8. The van der Waals surface area contributed by atoms with Crippen LogP contribution in [0.4, 0.5) is 0 Å². The van der Waals surface area contributed by atoms with E-state index < -0.39 is 10.0 Å². The van der Waals surface area contributed by atoms with Gasteiger partial charge >= 0.3 is 0 Å². The second-order valence-corrected chi connectivity index (χ2v) is 10.2. The van der Waals surface area contributed by atoms with Gasteiger partial charge in [-0.15, -0.1) is 0 Å². The monoisotopic (exact) mass is 447 g/mol. The summed E-state index contributed by atoms with van der Waals surface area (Å²) in [4.78, 5) is 19.5. The molecular weight excluding hydrogens is 418 g/mol. The van der Waals surface area contributed by atoms with Gasteiger partial charge in [0, 0.05) is 36.5 Å². The lowest BCUT2D eigenvalue weighted by molar-refractivity contribution is 0.0711. The number of benzene rings is 1. The minimum absolute atomic E-state index is 0.0290. The summed E-state index contributed by atoms with van der Waals surface area (Å²) in [6, 6.07) is 4.27. The second kappa shape index (κ2) is 8.58. The van der Waals surface area contributed by atoms with Crippen LogP contribution in [0, 0.1) is 0 Å². The Balaban J connectivity index is 1.46. The molecule has 1 aliphatic carbocycles. The van der Waals surface area contributed by atoms with Crippen molar-refractivity contribution in [3.63, 3.8) is 0 Å². The molecule has 2 N–H and O–H groups in total. The van der Waals surface area contributed by atoms with Gasteiger partial charge in [0.25, 0.3) is 5.91 Å². The Bertz CT molecular complexity index is 1050. The lowest BCUT2D eigenvalue weighted by atomic mass is 9.95. The number of ether oxygens (including phenoxy) is 1. The van der Waals surface area contributed by atoms with Crippen LogP contribution in [0.3, 0.4) is 0 Å². The summed E-state index contributed by atoms with van der Waals surface area (Å²) in [5.74, 6) is 2.61. The van der Waals surface area contributed by atoms with Gasteiger partial charge in [0.05, 0.1) is 7.11 Å². The zero-order valence-corrected chi connectivity index (χ0v) is 18.9. The number of hydrogen-bond acceptors (Lipinski definition) is 6. The summed E-state index contributed by atoms with van der Waals surface area (Å²) >= 11 is 0. The average Bonchev–Trinajstić information content (AvgIpc) is 3.48. The molecule has 0 radical (unpaired) electrons. The molecule has 1 aromatic carbocycles. The normalized spacial score (nSPS) is 17.9. The van der Waals surface area contributed by atoms with Crippen molar-refractivity contribution < 1.29 is 17.9 Å². The molecule has 1 saturated heterocycles. The first-order valence-corrected chi connectivity index (χ1v) is 12.2. The van der Waals surface area contributed by atoms with Crippen molar-refractivity contribution >= 4 is 15.9 Å². The van der Waals surface area contributed by atoms with Crippen LogP contribution >= 0.6 is 0 Å². The highest BCUT2D eigenvalue weighted by atomic mass is 32.2. The van der Waals surface area contributed by atoms with E-state index in [0.717, 1.165) is 37.3 Å². The van der Waals surface area contributed by atoms with Gasteiger partial charge in [0.15, 0.2) is 5.82 Å². The highest BCUT2D eigenvalue weighted by Crippen LogP contribution is 2.38. The number of likely N-dealkylation sites (tertiary alicyclic amines) is 1. The van der Waals surface area contributed by atoms with E-state index in [9.17, 15) is 13.2 Å². The van der Waals surface area contributed by atoms with Crippen molar-refractivity contribution in [2.45, 2.75) is 62.3 Å². The summed E-state index contributed by atoms with van der Waals surface area (Å²) < 4.78 is 33.2. The van der Waals surface area contributed by atoms with Gasteiger partial charge in [-0.25, -0.2) is 18.1 Å². The van der Waals surface area contributed by atoms with E-state index in [1.54, 1.807) is 24.8 Å². The summed E-state index contributed by atoms with van der Waals surface area (Å²) in [5.41, 5.74) is 0.332. The van der Waals surface area contributed by atoms with Crippen LogP contribution in [0.15, 0.2) is 23.1 Å². The fourth-order valence-electron chi connectivity index (χ4n) is 3.93. The minimum atomic E-state index is -3.80. The zero-order chi connectivity index (χ0) is 22.2. The van der Waals surface area contributed by atoms with Crippen molar-refractivity contribution in [3.8, 4) is 5.75 Å². The number of H-pyrrole nitrogens is 1. The van der Waals surface area contributed by atoms with Crippen LogP contribution < -0.4 is 9.46 Å². The molecule has 0 unspecified atom stereocenters. The molecule has 1 aromatic heterocycles. The van der Waals surface area contributed by atoms with Crippen molar-refractivity contribution in [2.24, 2.45) is 0 Å². The van der Waals surface area contributed by atoms with E-state index in [0.29, 0.717) is 24.6 Å². The zero-order valence-electron chi connectivity index (χ0n) is 18.1. The SMILES string of the molecule is COc1ccc(C(=O)N2CCC(c3nc(C4CC4)n[nH]3)CC2)cc1S(=O)(=O)NC(C)C. The van der Waals surface area contributed by atoms with Crippen molar-refractivity contribution in [1.29, 1.82) is 0 Å². The number of aromatic nitrogens is 3. The Morgan fingerprint density at radius 1 is 1.19 bits per heavy atom. The molecule has 1 amide bonds. The number of carbonyl (C=O) groups is 1. The molecule has 0 bridgehead atoms. The van der Waals surface area contributed by atoms with Gasteiger partial charge in [-0.1, -0.05) is 0 Å². The second-order valence-electron chi connectivity index (χ2n) is 8.56. The van der Waals surface area contributed by atoms with Crippen LogP contribution in [0.5, 0.6) is 5.75 Å². The average molecular weight is 448 g/mol. The maximum atomic E-state index is 13.1. The lowest BCUT2D eigenvalue weighted by Crippen LogP contribution is -2.38. The van der Waals surface area contributed by atoms with E-state index in [1.165, 1.54) is 19.2 Å². The van der Waals surface area contributed by atoms with Crippen LogP contribution in [0.2, 0.25) is 0 Å². The van der Waals surface area contributed by atoms with Gasteiger partial charge in [-0.2, -0.15) is 5.10 Å². The molecule has 4 rings (SSSR count). The molecule has 2 fully saturated rings. The fourth-order valence-corrected chi connectivity index (χ4v) is 5.37. The largest absolute Gasteiger partial charge is 0.495 e. The minimum Gasteiger partial charge on any atom is -0.495 e. The van der Waals surface area contributed by atoms with Gasteiger partial charge in [-0.05, 0) is 57.7 Å². The van der Waals surface area contributed by atoms with Crippen LogP contribution in [-0.2, 0) is 10.0 Å². The summed E-state index contributed by atoms with van der Waals surface area (Å²) in [6.07, 6.45) is 3.91. The predicted octanol–water partition coefficient (Wildman–Crippen LogP) is 2.40. The molecule has 0 atom stereocenters. The first-order valence-electron chi connectivity index (χ1n) is 10.7. The third-order valence-corrected chi connectivity index (χ3v) is 7.40. The van der Waals surface area contributed by atoms with E-state index in [1.807, 2.05) is 0 Å². The molecule has 0 spiro atoms. The van der Waals surface area contributed by atoms with Crippen molar-refractivity contribution in [1.82, 2.24) is 24.8 Å². The molecule has 2 aliphatic rings. The molecule has 31 heavy (non-hydrogen) atoms. The number of aromatic amines is 1. The third-order valence-electron chi connectivity index (χ3n) is 5.72. The smallest absolute Gasteiger partial charge is 0.253 e. The highest BCUT2D eigenvalue weighted by Gasteiger charge is 2.31. The predicted molar refractivity (Wildman–Crippen MR) is 115 cm³/mol. The molecule has 168 valence electrons. The summed E-state index contributed by atoms with van der Waals surface area (Å²) in [6.45, 7) is 4.65. The maximum Gasteiger partial charge on any atom is 0.253 e. The summed E-state index contributed by atoms with van der Waals surface area (Å²) in [5, 5.41) is 7.41. The standard InChI is InChI=1S/C21H29N5O4S/c1-13(2)25-31(28,29)18-12-16(6-7-17(18)30-3)21(27)26-10-8-15(9-11-26)20-22-19(23-24-20)14-4-5-14/h6-7,12-15,25H,4-5,8-11H2,1-3H3,(H,22,23,24). The van der Waals surface area contributed by atoms with Gasteiger partial charge < -0.3 is 9.64 Å². The van der Waals surface area contributed by atoms with Gasteiger partial charge in [-0.3, -0.25) is 9.89 Å². The number of amides is 1. The summed E-state index contributed by atoms with van der Waals surface area (Å²) in [7, 11) is -2.39. The Kier molecular flexibility index (Phi) is 6.02. The molecule has 1 aliphatic heterocycles. The Labute approximate surface area is 182 Å². The molecule has 9 nitrogen and oxygen atoms in total. The lowest BCUT2D eigenvalue weighted by Gasteiger charge is -2.31. The molecule has 2 heterocycles. The maximum absolute atomic E-state index is 13.1. The fraction of sp³-hybridized carbons (Fsp3) is 0.571. The highest BCUT2D eigenvalue weighted by molar-refractivity contribution is 7.89. The van der Waals surface area contributed by atoms with Crippen LogP contribution in [0.1, 0.15) is 73.4 Å². The van der Waals surface area contributed by atoms with Crippen molar-refractivity contribution in [2.75, 3.05) is 20.2 Å². The Hall–Kier alpha value is -2.46. The molecule has 10 heteroatoms. The van der Waals surface area contributed by atoms with Crippen LogP contribution in [0.25, 0.3) is 0 Å². The Morgan fingerprint density at radius 2 is 1.90 bits per heavy atom. The van der Waals surface area contributed by atoms with E-state index in [2.05, 4.69) is 19.9 Å². The third kappa shape index (κ3) is 4.74. The number of piperidine rings is 1. The number of nitrogens with zero attached hydrogens (tertiary/aromatic N) is 3. The van der Waals surface area contributed by atoms with Crippen molar-refractivity contribution in [3.05, 3.63) is 35.4 Å². The molecule has 1 saturated carbocycles. The topological polar surface area (TPSA) is 117 Å². The quantitative estimate of drug-likeness (QED) is 0.673. The Morgan fingerprint density at radius 3 is 2.52 bits per heavy atom. The number of carbonyl (C=O) groups excluding carboxylic acids is 1. The number of methoxy groups -OCH3 is 1. The molecular formula is C21H29N5O4S. The number of rotatable bonds is 7.